The molecule has 0 unspecified atom stereocenters. The predicted octanol–water partition coefficient (Wildman–Crippen LogP) is 12.9. The van der Waals surface area contributed by atoms with E-state index < -0.39 is 0 Å². The molecule has 0 aliphatic carbocycles. The van der Waals surface area contributed by atoms with Crippen LogP contribution in [-0.2, 0) is 0 Å². The zero-order valence-corrected chi connectivity index (χ0v) is 24.6. The van der Waals surface area contributed by atoms with Gasteiger partial charge >= 0.3 is 0 Å². The number of rotatable bonds is 30. The average molecular weight is 482 g/mol. The molecule has 0 aliphatic rings. The lowest BCUT2D eigenvalue weighted by molar-refractivity contribution is 0.538. The van der Waals surface area contributed by atoms with Crippen LogP contribution in [0.15, 0.2) is 0 Å². The first-order valence-electron chi connectivity index (χ1n) is 16.0. The van der Waals surface area contributed by atoms with Gasteiger partial charge in [-0.15, -0.1) is 0 Å². The molecule has 0 fully saturated rings. The largest absolute Gasteiger partial charge is 0.0810 e. The standard InChI is InChI=1S/C32H66P/c1-3-5-7-9-11-13-15-17-19-21-23-25-27-29-31-33-32-30-28-26-24-22-20-18-16-14-12-10-8-6-4-2/h3-32H2,1-2H3. The van der Waals surface area contributed by atoms with Crippen LogP contribution in [0.3, 0.4) is 0 Å². The van der Waals surface area contributed by atoms with Gasteiger partial charge in [-0.1, -0.05) is 189 Å². The molecule has 0 nitrogen and oxygen atoms in total. The fourth-order valence-corrected chi connectivity index (χ4v) is 6.07. The average Bonchev–Trinajstić information content (AvgIpc) is 2.83. The molecule has 0 spiro atoms. The molecule has 0 amide bonds. The zero-order chi connectivity index (χ0) is 23.9. The van der Waals surface area contributed by atoms with E-state index in [0.717, 1.165) is 0 Å². The van der Waals surface area contributed by atoms with Crippen molar-refractivity contribution in [2.45, 2.75) is 194 Å². The Morgan fingerprint density at radius 1 is 0.242 bits per heavy atom. The Kier molecular flexibility index (Phi) is 32.9. The molecule has 1 heteroatoms. The highest BCUT2D eigenvalue weighted by molar-refractivity contribution is 7.37. The lowest BCUT2D eigenvalue weighted by Crippen LogP contribution is -1.86. The van der Waals surface area contributed by atoms with Crippen LogP contribution in [0, 0.1) is 0 Å². The second-order valence-corrected chi connectivity index (χ2v) is 12.2. The SMILES string of the molecule is CCCCCCCCCCCCCCCC[P]CCCCCCCCCCCCCCCC. The molecular weight excluding hydrogens is 415 g/mol. The van der Waals surface area contributed by atoms with Crippen molar-refractivity contribution in [3.63, 3.8) is 0 Å². The minimum atomic E-state index is 1.37. The first-order chi connectivity index (χ1) is 16.4. The monoisotopic (exact) mass is 481 g/mol. The van der Waals surface area contributed by atoms with Crippen molar-refractivity contribution in [2.24, 2.45) is 0 Å². The second-order valence-electron chi connectivity index (χ2n) is 10.9. The third-order valence-corrected chi connectivity index (χ3v) is 8.60. The van der Waals surface area contributed by atoms with Crippen LogP contribution in [0.1, 0.15) is 194 Å². The van der Waals surface area contributed by atoms with Crippen molar-refractivity contribution < 1.29 is 0 Å². The molecule has 0 rings (SSSR count). The highest BCUT2D eigenvalue weighted by Gasteiger charge is 1.97. The van der Waals surface area contributed by atoms with Crippen molar-refractivity contribution in [1.82, 2.24) is 0 Å². The van der Waals surface area contributed by atoms with Gasteiger partial charge in [-0.25, -0.2) is 0 Å². The summed E-state index contributed by atoms with van der Waals surface area (Å²) in [5, 5.41) is 0. The van der Waals surface area contributed by atoms with Crippen LogP contribution in [0.25, 0.3) is 0 Å². The van der Waals surface area contributed by atoms with Gasteiger partial charge in [0.25, 0.3) is 0 Å². The van der Waals surface area contributed by atoms with Gasteiger partial charge in [0.1, 0.15) is 0 Å². The molecule has 0 atom stereocenters. The topological polar surface area (TPSA) is 0 Å². The lowest BCUT2D eigenvalue weighted by Gasteiger charge is -2.04. The smallest absolute Gasteiger partial charge is 0.0287 e. The fourth-order valence-electron chi connectivity index (χ4n) is 4.95. The van der Waals surface area contributed by atoms with E-state index in [2.05, 4.69) is 13.8 Å². The van der Waals surface area contributed by atoms with E-state index in [1.807, 2.05) is 0 Å². The maximum absolute atomic E-state index is 2.31. The van der Waals surface area contributed by atoms with Gasteiger partial charge in [-0.3, -0.25) is 0 Å². The Bertz CT molecular complexity index is 284. The maximum atomic E-state index is 2.31. The lowest BCUT2D eigenvalue weighted by atomic mass is 10.0. The van der Waals surface area contributed by atoms with Crippen LogP contribution in [-0.4, -0.2) is 12.3 Å². The second kappa shape index (κ2) is 32.4. The third-order valence-electron chi connectivity index (χ3n) is 7.34. The van der Waals surface area contributed by atoms with Crippen LogP contribution >= 0.6 is 8.58 Å². The first-order valence-corrected chi connectivity index (χ1v) is 17.3. The summed E-state index contributed by atoms with van der Waals surface area (Å²) in [6.07, 6.45) is 44.3. The summed E-state index contributed by atoms with van der Waals surface area (Å²) < 4.78 is 0. The Balaban J connectivity index is 2.99. The molecule has 0 bridgehead atoms. The number of unbranched alkanes of at least 4 members (excludes halogenated alkanes) is 26. The summed E-state index contributed by atoms with van der Waals surface area (Å²) in [6.45, 7) is 4.61. The molecule has 0 saturated carbocycles. The molecule has 0 saturated heterocycles. The summed E-state index contributed by atoms with van der Waals surface area (Å²) in [5.41, 5.74) is 0. The van der Waals surface area contributed by atoms with Gasteiger partial charge in [0.05, 0.1) is 0 Å². The summed E-state index contributed by atoms with van der Waals surface area (Å²) in [5.74, 6) is 0. The van der Waals surface area contributed by atoms with Crippen molar-refractivity contribution in [3.05, 3.63) is 0 Å². The first kappa shape index (κ1) is 33.4. The molecule has 0 aromatic rings. The van der Waals surface area contributed by atoms with Crippen molar-refractivity contribution in [3.8, 4) is 0 Å². The molecule has 33 heavy (non-hydrogen) atoms. The Morgan fingerprint density at radius 2 is 0.424 bits per heavy atom. The van der Waals surface area contributed by atoms with Gasteiger partial charge in [-0.05, 0) is 25.2 Å². The fraction of sp³-hybridized carbons (Fsp3) is 1.00. The van der Waals surface area contributed by atoms with E-state index in [4.69, 9.17) is 0 Å². The summed E-state index contributed by atoms with van der Waals surface area (Å²) in [7, 11) is 1.74. The van der Waals surface area contributed by atoms with Crippen LogP contribution < -0.4 is 0 Å². The molecule has 0 aromatic carbocycles. The minimum Gasteiger partial charge on any atom is -0.0810 e. The van der Waals surface area contributed by atoms with Gasteiger partial charge in [-0.2, -0.15) is 0 Å². The zero-order valence-electron chi connectivity index (χ0n) is 23.7. The molecule has 1 radical (unpaired) electrons. The molecule has 0 heterocycles. The molecular formula is C32H66P. The van der Waals surface area contributed by atoms with E-state index in [-0.39, 0.29) is 0 Å². The maximum Gasteiger partial charge on any atom is -0.0287 e. The van der Waals surface area contributed by atoms with Crippen molar-refractivity contribution >= 4 is 8.58 Å². The summed E-state index contributed by atoms with van der Waals surface area (Å²) in [4.78, 5) is 0. The molecule has 0 N–H and O–H groups in total. The minimum absolute atomic E-state index is 1.37. The molecule has 0 aromatic heterocycles. The van der Waals surface area contributed by atoms with E-state index in [1.165, 1.54) is 192 Å². The summed E-state index contributed by atoms with van der Waals surface area (Å²) in [6, 6.07) is 0. The van der Waals surface area contributed by atoms with Gasteiger partial charge in [0.2, 0.25) is 0 Å². The van der Waals surface area contributed by atoms with E-state index in [1.54, 1.807) is 8.58 Å². The Hall–Kier alpha value is 0.430. The van der Waals surface area contributed by atoms with E-state index >= 15 is 0 Å². The van der Waals surface area contributed by atoms with Crippen molar-refractivity contribution in [2.75, 3.05) is 12.3 Å². The van der Waals surface area contributed by atoms with E-state index in [0.29, 0.717) is 0 Å². The number of hydrogen-bond donors (Lipinski definition) is 0. The molecule has 0 aliphatic heterocycles. The predicted molar refractivity (Wildman–Crippen MR) is 157 cm³/mol. The van der Waals surface area contributed by atoms with Crippen LogP contribution in [0.5, 0.6) is 0 Å². The number of hydrogen-bond acceptors (Lipinski definition) is 0. The quantitative estimate of drug-likeness (QED) is 0.0706. The third kappa shape index (κ3) is 32.4. The van der Waals surface area contributed by atoms with Crippen LogP contribution in [0.2, 0.25) is 0 Å². The van der Waals surface area contributed by atoms with Gasteiger partial charge in [0.15, 0.2) is 0 Å². The highest BCUT2D eigenvalue weighted by atomic mass is 31.1. The van der Waals surface area contributed by atoms with E-state index in [9.17, 15) is 0 Å². The van der Waals surface area contributed by atoms with Gasteiger partial charge in [0, 0.05) is 0 Å². The normalized spacial score (nSPS) is 11.5. The summed E-state index contributed by atoms with van der Waals surface area (Å²) >= 11 is 0. The van der Waals surface area contributed by atoms with Crippen molar-refractivity contribution in [1.29, 1.82) is 0 Å². The molecule has 199 valence electrons. The van der Waals surface area contributed by atoms with Gasteiger partial charge < -0.3 is 0 Å². The van der Waals surface area contributed by atoms with Crippen LogP contribution in [0.4, 0.5) is 0 Å². The Labute approximate surface area is 214 Å². The Morgan fingerprint density at radius 3 is 0.636 bits per heavy atom. The highest BCUT2D eigenvalue weighted by Crippen LogP contribution is 2.19.